The van der Waals surface area contributed by atoms with Gasteiger partial charge in [-0.2, -0.15) is 15.1 Å². The number of nitrogens with zero attached hydrogens (tertiary/aromatic N) is 8. The van der Waals surface area contributed by atoms with E-state index in [0.29, 0.717) is 97.1 Å². The first-order valence-electron chi connectivity index (χ1n) is 17.4. The molecule has 14 heteroatoms. The van der Waals surface area contributed by atoms with Gasteiger partial charge in [0.25, 0.3) is 5.91 Å². The van der Waals surface area contributed by atoms with E-state index in [-0.39, 0.29) is 41.0 Å². The number of carbonyl (C=O) groups is 1. The third-order valence-electron chi connectivity index (χ3n) is 10.2. The quantitative estimate of drug-likeness (QED) is 0.208. The molecule has 0 radical (unpaired) electrons. The Morgan fingerprint density at radius 1 is 1.13 bits per heavy atom. The van der Waals surface area contributed by atoms with E-state index in [0.717, 1.165) is 5.69 Å². The molecule has 0 aliphatic carbocycles. The Bertz CT molecular complexity index is 2240. The molecule has 1 N–H and O–H groups in total. The van der Waals surface area contributed by atoms with Crippen LogP contribution in [-0.4, -0.2) is 92.9 Å². The van der Waals surface area contributed by atoms with Crippen molar-refractivity contribution in [3.63, 3.8) is 0 Å². The highest BCUT2D eigenvalue weighted by molar-refractivity contribution is 6.01. The van der Waals surface area contributed by atoms with Gasteiger partial charge >= 0.3 is 6.01 Å². The lowest BCUT2D eigenvalue weighted by atomic mass is 9.78. The number of phenolic OH excluding ortho intramolecular Hbond substituents is 1. The minimum Gasteiger partial charge on any atom is -0.508 e. The molecule has 1 fully saturated rings. The summed E-state index contributed by atoms with van der Waals surface area (Å²) >= 11 is 0. The number of ether oxygens (including phenoxy) is 1. The summed E-state index contributed by atoms with van der Waals surface area (Å²) in [5.41, 5.74) is 1.42. The molecule has 272 valence electrons. The average molecular weight is 715 g/mol. The van der Waals surface area contributed by atoms with Crippen LogP contribution in [0.5, 0.6) is 11.8 Å². The van der Waals surface area contributed by atoms with Crippen LogP contribution in [0, 0.1) is 17.0 Å². The van der Waals surface area contributed by atoms with E-state index in [9.17, 15) is 14.3 Å². The highest BCUT2D eigenvalue weighted by atomic mass is 19.1. The van der Waals surface area contributed by atoms with Gasteiger partial charge in [0.15, 0.2) is 11.5 Å². The molecule has 3 aromatic heterocycles. The number of phenols is 1. The topological polar surface area (TPSA) is 113 Å². The lowest BCUT2D eigenvalue weighted by Gasteiger charge is -2.40. The standard InChI is InChI=1S/C38H41F3N8O3/c1-6-26-29(40)9-8-22-14-25(50)16-27(31(22)26)33-32(41)34-28(18-42-33)35(44-37(43-34)52-21-38(2)20-47(5)13-10-23(38)17-39)48-11-7-12-49-24(19-48)15-30(45-49)36(51)46(3)4/h8-9,14-18,50H,6-7,10-13,19-21H2,1-5H3/b23-17+/t38-/m0/s1. The number of likely N-dealkylation sites (tertiary alicyclic amines) is 1. The third-order valence-corrected chi connectivity index (χ3v) is 10.2. The summed E-state index contributed by atoms with van der Waals surface area (Å²) < 4.78 is 54.3. The van der Waals surface area contributed by atoms with E-state index in [1.54, 1.807) is 30.9 Å². The smallest absolute Gasteiger partial charge is 0.319 e. The highest BCUT2D eigenvalue weighted by Crippen LogP contribution is 2.40. The fraction of sp³-hybridized carbons (Fsp3) is 0.395. The van der Waals surface area contributed by atoms with Crippen LogP contribution in [0.1, 0.15) is 48.4 Å². The molecule has 5 aromatic rings. The molecule has 1 atom stereocenters. The number of amides is 1. The van der Waals surface area contributed by atoms with Gasteiger partial charge in [-0.05, 0) is 72.5 Å². The number of anilines is 1. The summed E-state index contributed by atoms with van der Waals surface area (Å²) in [4.78, 5) is 32.2. The molecule has 0 unspecified atom stereocenters. The first-order chi connectivity index (χ1) is 24.9. The van der Waals surface area contributed by atoms with Gasteiger partial charge in [0.1, 0.15) is 35.2 Å². The lowest BCUT2D eigenvalue weighted by Crippen LogP contribution is -2.44. The van der Waals surface area contributed by atoms with Crippen LogP contribution in [0.25, 0.3) is 32.9 Å². The van der Waals surface area contributed by atoms with Crippen LogP contribution >= 0.6 is 0 Å². The Morgan fingerprint density at radius 3 is 2.69 bits per heavy atom. The lowest BCUT2D eigenvalue weighted by molar-refractivity contribution is 0.0821. The molecule has 11 nitrogen and oxygen atoms in total. The van der Waals surface area contributed by atoms with Gasteiger partial charge < -0.3 is 24.5 Å². The molecule has 5 heterocycles. The Labute approximate surface area is 299 Å². The number of halogens is 3. The maximum atomic E-state index is 17.1. The number of aromatic hydroxyl groups is 1. The predicted octanol–water partition coefficient (Wildman–Crippen LogP) is 6.27. The molecule has 1 amide bonds. The van der Waals surface area contributed by atoms with Crippen LogP contribution < -0.4 is 9.64 Å². The van der Waals surface area contributed by atoms with Crippen LogP contribution in [0.2, 0.25) is 0 Å². The van der Waals surface area contributed by atoms with Crippen LogP contribution in [-0.2, 0) is 19.5 Å². The number of aryl methyl sites for hydroxylation is 2. The molecule has 0 bridgehead atoms. The first-order valence-corrected chi connectivity index (χ1v) is 17.4. The Morgan fingerprint density at radius 2 is 1.94 bits per heavy atom. The van der Waals surface area contributed by atoms with E-state index in [4.69, 9.17) is 9.72 Å². The summed E-state index contributed by atoms with van der Waals surface area (Å²) in [6.45, 7) is 6.39. The molecule has 2 aromatic carbocycles. The van der Waals surface area contributed by atoms with Crippen molar-refractivity contribution in [1.82, 2.24) is 34.5 Å². The van der Waals surface area contributed by atoms with Crippen molar-refractivity contribution in [2.45, 2.75) is 46.2 Å². The minimum absolute atomic E-state index is 0.0384. The van der Waals surface area contributed by atoms with Crippen LogP contribution in [0.15, 0.2) is 48.4 Å². The van der Waals surface area contributed by atoms with E-state index < -0.39 is 17.0 Å². The summed E-state index contributed by atoms with van der Waals surface area (Å²) in [6.07, 6.45) is 3.65. The number of fused-ring (bicyclic) bond motifs is 3. The zero-order chi connectivity index (χ0) is 36.9. The Hall–Kier alpha value is -5.24. The number of hydrogen-bond donors (Lipinski definition) is 1. The number of carbonyl (C=O) groups excluding carboxylic acids is 1. The summed E-state index contributed by atoms with van der Waals surface area (Å²) in [6, 6.07) is 7.41. The minimum atomic E-state index is -0.795. The second kappa shape index (κ2) is 13.7. The van der Waals surface area contributed by atoms with Crippen molar-refractivity contribution in [2.24, 2.45) is 5.41 Å². The predicted molar refractivity (Wildman–Crippen MR) is 192 cm³/mol. The molecule has 0 saturated carbocycles. The van der Waals surface area contributed by atoms with Gasteiger partial charge in [0.2, 0.25) is 0 Å². The van der Waals surface area contributed by atoms with Crippen molar-refractivity contribution >= 4 is 33.4 Å². The highest BCUT2D eigenvalue weighted by Gasteiger charge is 2.36. The molecule has 7 rings (SSSR count). The largest absolute Gasteiger partial charge is 0.508 e. The van der Waals surface area contributed by atoms with E-state index in [1.165, 1.54) is 29.3 Å². The number of piperidine rings is 1. The summed E-state index contributed by atoms with van der Waals surface area (Å²) in [5.74, 6) is -1.22. The fourth-order valence-electron chi connectivity index (χ4n) is 7.46. The van der Waals surface area contributed by atoms with Crippen molar-refractivity contribution in [3.05, 3.63) is 77.0 Å². The fourth-order valence-corrected chi connectivity index (χ4v) is 7.46. The molecule has 2 aliphatic heterocycles. The zero-order valence-corrected chi connectivity index (χ0v) is 29.9. The second-order valence-electron chi connectivity index (χ2n) is 14.2. The monoisotopic (exact) mass is 714 g/mol. The van der Waals surface area contributed by atoms with Gasteiger partial charge in [0, 0.05) is 57.4 Å². The van der Waals surface area contributed by atoms with Crippen LogP contribution in [0.4, 0.5) is 19.0 Å². The molecular formula is C38H41F3N8O3. The van der Waals surface area contributed by atoms with Crippen molar-refractivity contribution in [1.29, 1.82) is 0 Å². The Balaban J connectivity index is 1.38. The third kappa shape index (κ3) is 6.29. The summed E-state index contributed by atoms with van der Waals surface area (Å²) in [7, 11) is 5.30. The van der Waals surface area contributed by atoms with Crippen molar-refractivity contribution in [3.8, 4) is 23.0 Å². The molecule has 0 spiro atoms. The Kier molecular flexibility index (Phi) is 9.28. The average Bonchev–Trinajstić information content (AvgIpc) is 3.41. The first kappa shape index (κ1) is 35.2. The summed E-state index contributed by atoms with van der Waals surface area (Å²) in [5, 5.41) is 16.5. The number of benzene rings is 2. The maximum Gasteiger partial charge on any atom is 0.319 e. The molecule has 1 saturated heterocycles. The van der Waals surface area contributed by atoms with Gasteiger partial charge in [0.05, 0.1) is 24.0 Å². The number of aromatic nitrogens is 5. The van der Waals surface area contributed by atoms with E-state index >= 15 is 8.78 Å². The number of rotatable bonds is 7. The number of hydrogen-bond acceptors (Lipinski definition) is 9. The molecular weight excluding hydrogens is 673 g/mol. The normalized spacial score (nSPS) is 18.9. The van der Waals surface area contributed by atoms with E-state index in [1.807, 2.05) is 25.8 Å². The van der Waals surface area contributed by atoms with Gasteiger partial charge in [-0.1, -0.05) is 19.9 Å². The van der Waals surface area contributed by atoms with Crippen molar-refractivity contribution < 1.29 is 27.8 Å². The van der Waals surface area contributed by atoms with Gasteiger partial charge in [-0.15, -0.1) is 0 Å². The van der Waals surface area contributed by atoms with Crippen molar-refractivity contribution in [2.75, 3.05) is 52.3 Å². The maximum absolute atomic E-state index is 17.1. The zero-order valence-electron chi connectivity index (χ0n) is 29.9. The van der Waals surface area contributed by atoms with Gasteiger partial charge in [-0.3, -0.25) is 14.5 Å². The second-order valence-corrected chi connectivity index (χ2v) is 14.2. The molecule has 2 aliphatic rings. The van der Waals surface area contributed by atoms with E-state index in [2.05, 4.69) is 20.0 Å². The number of pyridine rings is 1. The van der Waals surface area contributed by atoms with Crippen LogP contribution in [0.3, 0.4) is 0 Å². The SMILES string of the molecule is CCc1c(F)ccc2cc(O)cc(-c3ncc4c(N5CCCn6nc(C(=O)N(C)C)cc6C5)nc(OC[C@]5(C)CN(C)CC/C5=C\F)nc4c3F)c12. The molecule has 52 heavy (non-hydrogen) atoms. The van der Waals surface area contributed by atoms with Gasteiger partial charge in [-0.25, -0.2) is 13.2 Å².